The van der Waals surface area contributed by atoms with Crippen molar-refractivity contribution in [1.29, 1.82) is 0 Å². The third-order valence-corrected chi connectivity index (χ3v) is 4.24. The Morgan fingerprint density at radius 3 is 2.38 bits per heavy atom. The van der Waals surface area contributed by atoms with E-state index in [1.54, 1.807) is 12.1 Å². The first-order valence-corrected chi connectivity index (χ1v) is 8.98. The lowest BCUT2D eigenvalue weighted by Gasteiger charge is -2.19. The zero-order chi connectivity index (χ0) is 19.3. The van der Waals surface area contributed by atoms with E-state index >= 15 is 0 Å². The average Bonchev–Trinajstić information content (AvgIpc) is 3.02. The number of methoxy groups -OCH3 is 2. The number of carbonyl (C=O) groups excluding carboxylic acids is 1. The molecule has 1 heterocycles. The molecule has 0 fully saturated rings. The predicted molar refractivity (Wildman–Crippen MR) is 100 cm³/mol. The first-order chi connectivity index (χ1) is 12.2. The van der Waals surface area contributed by atoms with E-state index in [2.05, 4.69) is 10.3 Å². The van der Waals surface area contributed by atoms with Gasteiger partial charge in [-0.25, -0.2) is 9.78 Å². The second-order valence-electron chi connectivity index (χ2n) is 6.53. The number of phenols is 1. The van der Waals surface area contributed by atoms with Crippen LogP contribution in [0.1, 0.15) is 25.8 Å². The van der Waals surface area contributed by atoms with Crippen molar-refractivity contribution in [2.24, 2.45) is 0 Å². The number of carbonyl (C=O) groups is 1. The molecule has 0 bridgehead atoms. The van der Waals surface area contributed by atoms with Crippen LogP contribution in [0.3, 0.4) is 0 Å². The SMILES string of the molecule is COc1cc(-c2csc(CCNC(=O)OC(C)(C)C)n2)cc(OC)c1O. The van der Waals surface area contributed by atoms with E-state index in [0.29, 0.717) is 24.5 Å². The molecule has 0 aliphatic heterocycles. The summed E-state index contributed by atoms with van der Waals surface area (Å²) in [5.74, 6) is 0.594. The molecular weight excluding hydrogens is 356 g/mol. The molecule has 2 rings (SSSR count). The largest absolute Gasteiger partial charge is 0.502 e. The molecule has 26 heavy (non-hydrogen) atoms. The molecule has 0 spiro atoms. The number of aromatic hydroxyl groups is 1. The van der Waals surface area contributed by atoms with E-state index in [4.69, 9.17) is 14.2 Å². The number of nitrogens with zero attached hydrogens (tertiary/aromatic N) is 1. The molecule has 1 aromatic heterocycles. The minimum Gasteiger partial charge on any atom is -0.502 e. The Kier molecular flexibility index (Phi) is 6.31. The third-order valence-electron chi connectivity index (χ3n) is 3.33. The van der Waals surface area contributed by atoms with Gasteiger partial charge in [-0.3, -0.25) is 0 Å². The number of amides is 1. The van der Waals surface area contributed by atoms with Gasteiger partial charge < -0.3 is 24.6 Å². The lowest BCUT2D eigenvalue weighted by Crippen LogP contribution is -2.33. The highest BCUT2D eigenvalue weighted by molar-refractivity contribution is 7.09. The standard InChI is InChI=1S/C18H24N2O5S/c1-18(2,3)25-17(22)19-7-6-15-20-12(10-26-15)11-8-13(23-4)16(21)14(9-11)24-5/h8-10,21H,6-7H2,1-5H3,(H,19,22). The van der Waals surface area contributed by atoms with Crippen molar-refractivity contribution in [3.63, 3.8) is 0 Å². The summed E-state index contributed by atoms with van der Waals surface area (Å²) >= 11 is 1.49. The van der Waals surface area contributed by atoms with Gasteiger partial charge in [-0.05, 0) is 32.9 Å². The van der Waals surface area contributed by atoms with Crippen LogP contribution in [-0.2, 0) is 11.2 Å². The van der Waals surface area contributed by atoms with Gasteiger partial charge in [-0.15, -0.1) is 11.3 Å². The molecule has 8 heteroatoms. The van der Waals surface area contributed by atoms with Crippen LogP contribution in [0, 0.1) is 0 Å². The topological polar surface area (TPSA) is 89.9 Å². The van der Waals surface area contributed by atoms with Gasteiger partial charge >= 0.3 is 6.09 Å². The van der Waals surface area contributed by atoms with Gasteiger partial charge in [0.05, 0.1) is 24.9 Å². The number of ether oxygens (including phenoxy) is 3. The molecule has 0 atom stereocenters. The Morgan fingerprint density at radius 2 is 1.85 bits per heavy atom. The number of hydrogen-bond acceptors (Lipinski definition) is 7. The van der Waals surface area contributed by atoms with Gasteiger partial charge in [0.25, 0.3) is 0 Å². The zero-order valence-corrected chi connectivity index (χ0v) is 16.4. The van der Waals surface area contributed by atoms with Crippen LogP contribution in [0.2, 0.25) is 0 Å². The lowest BCUT2D eigenvalue weighted by molar-refractivity contribution is 0.0528. The minimum absolute atomic E-state index is 0.0456. The van der Waals surface area contributed by atoms with E-state index in [0.717, 1.165) is 16.3 Å². The second-order valence-corrected chi connectivity index (χ2v) is 7.48. The molecule has 0 saturated heterocycles. The number of aromatic nitrogens is 1. The minimum atomic E-state index is -0.518. The Labute approximate surface area is 156 Å². The van der Waals surface area contributed by atoms with Gasteiger partial charge in [-0.1, -0.05) is 0 Å². The van der Waals surface area contributed by atoms with Gasteiger partial charge in [0.1, 0.15) is 5.60 Å². The monoisotopic (exact) mass is 380 g/mol. The van der Waals surface area contributed by atoms with Gasteiger partial charge in [0.15, 0.2) is 11.5 Å². The predicted octanol–water partition coefficient (Wildman–Crippen LogP) is 3.60. The van der Waals surface area contributed by atoms with Crippen LogP contribution < -0.4 is 14.8 Å². The fourth-order valence-corrected chi connectivity index (χ4v) is 2.99. The highest BCUT2D eigenvalue weighted by Crippen LogP contribution is 2.40. The van der Waals surface area contributed by atoms with Crippen LogP contribution in [0.25, 0.3) is 11.3 Å². The molecule has 7 nitrogen and oxygen atoms in total. The summed E-state index contributed by atoms with van der Waals surface area (Å²) in [5, 5.41) is 15.5. The number of alkyl carbamates (subject to hydrolysis) is 1. The molecule has 0 saturated carbocycles. The lowest BCUT2D eigenvalue weighted by atomic mass is 10.1. The van der Waals surface area contributed by atoms with Crippen molar-refractivity contribution in [2.75, 3.05) is 20.8 Å². The molecule has 1 aromatic carbocycles. The fourth-order valence-electron chi connectivity index (χ4n) is 2.19. The third kappa shape index (κ3) is 5.26. The van der Waals surface area contributed by atoms with E-state index in [1.165, 1.54) is 25.6 Å². The summed E-state index contributed by atoms with van der Waals surface area (Å²) in [6.45, 7) is 5.89. The summed E-state index contributed by atoms with van der Waals surface area (Å²) in [5.41, 5.74) is 1.01. The summed E-state index contributed by atoms with van der Waals surface area (Å²) in [4.78, 5) is 16.2. The van der Waals surface area contributed by atoms with Crippen molar-refractivity contribution < 1.29 is 24.1 Å². The summed E-state index contributed by atoms with van der Waals surface area (Å²) in [6, 6.07) is 3.41. The Morgan fingerprint density at radius 1 is 1.23 bits per heavy atom. The molecule has 0 unspecified atom stereocenters. The van der Waals surface area contributed by atoms with E-state index in [1.807, 2.05) is 26.2 Å². The Balaban J connectivity index is 2.03. The zero-order valence-electron chi connectivity index (χ0n) is 15.6. The molecule has 0 radical (unpaired) electrons. The maximum atomic E-state index is 11.6. The van der Waals surface area contributed by atoms with E-state index in [9.17, 15) is 9.90 Å². The first kappa shape index (κ1) is 19.8. The maximum Gasteiger partial charge on any atom is 0.407 e. The number of benzene rings is 1. The number of nitrogens with one attached hydrogen (secondary N) is 1. The van der Waals surface area contributed by atoms with Crippen LogP contribution >= 0.6 is 11.3 Å². The number of rotatable bonds is 6. The van der Waals surface area contributed by atoms with E-state index < -0.39 is 11.7 Å². The van der Waals surface area contributed by atoms with Gasteiger partial charge in [0, 0.05) is 23.9 Å². The molecule has 0 aliphatic rings. The molecule has 142 valence electrons. The molecule has 1 amide bonds. The molecule has 2 aromatic rings. The van der Waals surface area contributed by atoms with Crippen LogP contribution in [0.15, 0.2) is 17.5 Å². The normalized spacial score (nSPS) is 11.1. The first-order valence-electron chi connectivity index (χ1n) is 8.10. The van der Waals surface area contributed by atoms with Crippen molar-refractivity contribution in [2.45, 2.75) is 32.8 Å². The average molecular weight is 380 g/mol. The van der Waals surface area contributed by atoms with E-state index in [-0.39, 0.29) is 5.75 Å². The molecule has 2 N–H and O–H groups in total. The van der Waals surface area contributed by atoms with Crippen LogP contribution in [-0.4, -0.2) is 42.5 Å². The number of phenolic OH excluding ortho intramolecular Hbond substituents is 1. The van der Waals surface area contributed by atoms with Crippen molar-refractivity contribution in [3.05, 3.63) is 22.5 Å². The molecule has 0 aliphatic carbocycles. The second kappa shape index (κ2) is 8.27. The number of thiazole rings is 1. The molecular formula is C18H24N2O5S. The van der Waals surface area contributed by atoms with Gasteiger partial charge in [-0.2, -0.15) is 0 Å². The van der Waals surface area contributed by atoms with Crippen molar-refractivity contribution in [3.8, 4) is 28.5 Å². The Hall–Kier alpha value is -2.48. The van der Waals surface area contributed by atoms with Crippen LogP contribution in [0.4, 0.5) is 4.79 Å². The highest BCUT2D eigenvalue weighted by atomic mass is 32.1. The highest BCUT2D eigenvalue weighted by Gasteiger charge is 2.16. The summed E-state index contributed by atoms with van der Waals surface area (Å²) in [6.07, 6.45) is 0.151. The fraction of sp³-hybridized carbons (Fsp3) is 0.444. The number of hydrogen-bond donors (Lipinski definition) is 2. The van der Waals surface area contributed by atoms with Crippen LogP contribution in [0.5, 0.6) is 17.2 Å². The summed E-state index contributed by atoms with van der Waals surface area (Å²) in [7, 11) is 2.96. The summed E-state index contributed by atoms with van der Waals surface area (Å²) < 4.78 is 15.5. The van der Waals surface area contributed by atoms with Crippen molar-refractivity contribution >= 4 is 17.4 Å². The maximum absolute atomic E-state index is 11.6. The van der Waals surface area contributed by atoms with Crippen molar-refractivity contribution in [1.82, 2.24) is 10.3 Å². The van der Waals surface area contributed by atoms with Gasteiger partial charge in [0.2, 0.25) is 5.75 Å². The smallest absolute Gasteiger partial charge is 0.407 e. The quantitative estimate of drug-likeness (QED) is 0.796. The Bertz CT molecular complexity index is 742.